The minimum absolute atomic E-state index is 0.0995. The summed E-state index contributed by atoms with van der Waals surface area (Å²) in [6.07, 6.45) is 10.5. The van der Waals surface area contributed by atoms with Crippen LogP contribution in [0.15, 0.2) is 42.5 Å². The first-order valence-corrected chi connectivity index (χ1v) is 20.6. The van der Waals surface area contributed by atoms with Crippen LogP contribution >= 0.6 is 23.5 Å². The van der Waals surface area contributed by atoms with E-state index < -0.39 is 27.9 Å². The molecule has 0 aromatic heterocycles. The molecule has 3 rings (SSSR count). The molecule has 1 amide bonds. The van der Waals surface area contributed by atoms with Crippen molar-refractivity contribution < 1.29 is 23.1 Å². The number of carbonyl (C=O) groups excluding carboxylic acids is 1. The summed E-state index contributed by atoms with van der Waals surface area (Å²) in [6, 6.07) is 12.2. The van der Waals surface area contributed by atoms with Crippen molar-refractivity contribution in [3.05, 3.63) is 59.2 Å². The fourth-order valence-electron chi connectivity index (χ4n) is 6.12. The Morgan fingerprint density at radius 3 is 2.44 bits per heavy atom. The average Bonchev–Trinajstić information content (AvgIpc) is 3.03. The van der Waals surface area contributed by atoms with Crippen molar-refractivity contribution in [2.45, 2.75) is 97.2 Å². The van der Waals surface area contributed by atoms with Gasteiger partial charge in [-0.05, 0) is 84.3 Å². The van der Waals surface area contributed by atoms with Crippen molar-refractivity contribution in [2.75, 3.05) is 29.3 Å². The maximum Gasteiger partial charge on any atom is 0.326 e. The summed E-state index contributed by atoms with van der Waals surface area (Å²) < 4.78 is 29.7. The molecule has 2 aromatic carbocycles. The van der Waals surface area contributed by atoms with Gasteiger partial charge in [-0.15, -0.1) is 0 Å². The number of unbranched alkanes of at least 4 members (excludes halogenated alkanes) is 1. The van der Waals surface area contributed by atoms with Gasteiger partial charge in [0.2, 0.25) is 10.0 Å². The van der Waals surface area contributed by atoms with Crippen LogP contribution in [0.25, 0.3) is 11.1 Å². The summed E-state index contributed by atoms with van der Waals surface area (Å²) in [7, 11) is -3.54. The van der Waals surface area contributed by atoms with Gasteiger partial charge in [0, 0.05) is 23.9 Å². The number of nitrogens with one attached hydrogen (secondary N) is 1. The highest BCUT2D eigenvalue weighted by atomic mass is 32.2. The third-order valence-electron chi connectivity index (χ3n) is 8.68. The van der Waals surface area contributed by atoms with Gasteiger partial charge in [0.05, 0.1) is 5.75 Å². The van der Waals surface area contributed by atoms with Gasteiger partial charge < -0.3 is 10.4 Å². The molecule has 1 fully saturated rings. The average molecular weight is 677 g/mol. The number of amides is 1. The zero-order valence-corrected chi connectivity index (χ0v) is 29.9. The first-order valence-electron chi connectivity index (χ1n) is 16.4. The zero-order chi connectivity index (χ0) is 32.8. The molecule has 0 bridgehead atoms. The number of hydrogen-bond donors (Lipinski definition) is 2. The second kappa shape index (κ2) is 19.0. The van der Waals surface area contributed by atoms with Crippen LogP contribution in [0, 0.1) is 12.8 Å². The van der Waals surface area contributed by atoms with E-state index in [0.29, 0.717) is 35.6 Å². The molecule has 7 nitrogen and oxygen atoms in total. The Bertz CT molecular complexity index is 1340. The van der Waals surface area contributed by atoms with Gasteiger partial charge in [0.25, 0.3) is 5.91 Å². The van der Waals surface area contributed by atoms with Crippen LogP contribution in [-0.2, 0) is 21.4 Å². The number of nitrogens with zero attached hydrogens (tertiary/aromatic N) is 1. The smallest absolute Gasteiger partial charge is 0.326 e. The van der Waals surface area contributed by atoms with Crippen molar-refractivity contribution in [3.63, 3.8) is 0 Å². The number of carboxylic acids is 1. The molecule has 0 heterocycles. The lowest BCUT2D eigenvalue weighted by Crippen LogP contribution is -2.44. The zero-order valence-electron chi connectivity index (χ0n) is 27.4. The van der Waals surface area contributed by atoms with E-state index in [1.165, 1.54) is 31.0 Å². The van der Waals surface area contributed by atoms with Gasteiger partial charge in [-0.3, -0.25) is 4.79 Å². The number of hydrogen-bond acceptors (Lipinski definition) is 6. The molecule has 1 unspecified atom stereocenters. The maximum absolute atomic E-state index is 14.0. The van der Waals surface area contributed by atoms with Crippen LogP contribution in [0.1, 0.15) is 93.1 Å². The fraction of sp³-hybridized carbons (Fsp3) is 0.600. The Balaban J connectivity index is 2.05. The van der Waals surface area contributed by atoms with Crippen molar-refractivity contribution in [1.82, 2.24) is 9.62 Å². The first-order chi connectivity index (χ1) is 21.6. The summed E-state index contributed by atoms with van der Waals surface area (Å²) in [4.78, 5) is 25.5. The number of aliphatic carboxylic acids is 1. The lowest BCUT2D eigenvalue weighted by molar-refractivity contribution is -0.139. The number of carbonyl (C=O) groups is 2. The van der Waals surface area contributed by atoms with Crippen LogP contribution in [0.2, 0.25) is 0 Å². The second-order valence-corrected chi connectivity index (χ2v) is 16.5. The van der Waals surface area contributed by atoms with Crippen molar-refractivity contribution in [2.24, 2.45) is 5.92 Å². The number of aryl methyl sites for hydroxylation is 1. The lowest BCUT2D eigenvalue weighted by atomic mass is 9.85. The number of benzene rings is 2. The van der Waals surface area contributed by atoms with E-state index >= 15 is 0 Å². The highest BCUT2D eigenvalue weighted by Gasteiger charge is 2.32. The van der Waals surface area contributed by atoms with Crippen LogP contribution in [0.3, 0.4) is 0 Å². The van der Waals surface area contributed by atoms with E-state index in [-0.39, 0.29) is 18.3 Å². The molecule has 1 saturated carbocycles. The molecular formula is C35H52N2O5S3. The van der Waals surface area contributed by atoms with Gasteiger partial charge in [0.1, 0.15) is 6.04 Å². The van der Waals surface area contributed by atoms with E-state index in [2.05, 4.69) is 12.2 Å². The van der Waals surface area contributed by atoms with Crippen molar-refractivity contribution >= 4 is 45.4 Å². The summed E-state index contributed by atoms with van der Waals surface area (Å²) in [6.45, 7) is 6.35. The second-order valence-electron chi connectivity index (χ2n) is 12.1. The van der Waals surface area contributed by atoms with E-state index in [4.69, 9.17) is 0 Å². The van der Waals surface area contributed by atoms with Crippen LogP contribution in [0.5, 0.6) is 0 Å². The van der Waals surface area contributed by atoms with E-state index in [9.17, 15) is 23.1 Å². The summed E-state index contributed by atoms with van der Waals surface area (Å²) in [5.41, 5.74) is 3.71. The third-order valence-corrected chi connectivity index (χ3v) is 12.3. The molecule has 45 heavy (non-hydrogen) atoms. The Labute approximate surface area is 279 Å². The Morgan fingerprint density at radius 1 is 1.07 bits per heavy atom. The number of carboxylic acid groups (broad SMARTS) is 1. The third kappa shape index (κ3) is 11.3. The molecule has 2 aromatic rings. The lowest BCUT2D eigenvalue weighted by Gasteiger charge is -2.34. The van der Waals surface area contributed by atoms with Crippen molar-refractivity contribution in [1.29, 1.82) is 0 Å². The number of thioether (sulfide) groups is 2. The quantitative estimate of drug-likeness (QED) is 0.158. The molecule has 250 valence electrons. The van der Waals surface area contributed by atoms with Crippen LogP contribution in [-0.4, -0.2) is 71.1 Å². The highest BCUT2D eigenvalue weighted by molar-refractivity contribution is 7.99. The summed E-state index contributed by atoms with van der Waals surface area (Å²) in [5.74, 6) is 1.45. The highest BCUT2D eigenvalue weighted by Crippen LogP contribution is 2.33. The topological polar surface area (TPSA) is 104 Å². The molecule has 1 aliphatic rings. The van der Waals surface area contributed by atoms with Gasteiger partial charge in [-0.1, -0.05) is 82.7 Å². The molecule has 0 radical (unpaired) electrons. The largest absolute Gasteiger partial charge is 0.480 e. The Morgan fingerprint density at radius 2 is 1.80 bits per heavy atom. The standard InChI is InChI=1S/C35H52N2O5S3/c1-5-7-21-45(41,42)37(29(25-44-6-2)22-27-14-9-8-10-15-27)24-28-17-18-31(32(23-28)30-16-12-11-13-26(30)3)34(38)36-33(35(39)40)19-20-43-4/h11-13,16-18,23,27,29,33H,5-10,14-15,19-22,24-25H2,1-4H3,(H,36,38)(H,39,40)/t29?,33-/m0/s1. The molecule has 0 aliphatic heterocycles. The Hall–Kier alpha value is -2.01. The van der Waals surface area contributed by atoms with Gasteiger partial charge in [0.15, 0.2) is 0 Å². The molecule has 2 N–H and O–H groups in total. The maximum atomic E-state index is 14.0. The minimum Gasteiger partial charge on any atom is -0.480 e. The van der Waals surface area contributed by atoms with Gasteiger partial charge >= 0.3 is 5.97 Å². The normalized spacial score (nSPS) is 15.6. The van der Waals surface area contributed by atoms with Crippen LogP contribution < -0.4 is 5.32 Å². The molecular weight excluding hydrogens is 625 g/mol. The number of rotatable bonds is 19. The van der Waals surface area contributed by atoms with Crippen LogP contribution in [0.4, 0.5) is 0 Å². The van der Waals surface area contributed by atoms with E-state index in [0.717, 1.165) is 53.9 Å². The first kappa shape index (κ1) is 37.4. The van der Waals surface area contributed by atoms with Gasteiger partial charge in [-0.25, -0.2) is 13.2 Å². The van der Waals surface area contributed by atoms with E-state index in [1.807, 2.05) is 56.5 Å². The fourth-order valence-corrected chi connectivity index (χ4v) is 9.36. The number of sulfonamides is 1. The summed E-state index contributed by atoms with van der Waals surface area (Å²) >= 11 is 3.33. The van der Waals surface area contributed by atoms with Crippen molar-refractivity contribution in [3.8, 4) is 11.1 Å². The SMILES string of the molecule is CCCCS(=O)(=O)N(Cc1ccc(C(=O)N[C@@H](CCSC)C(=O)O)c(-c2ccccc2C)c1)C(CSCC)CC1CCCCC1. The monoisotopic (exact) mass is 676 g/mol. The summed E-state index contributed by atoms with van der Waals surface area (Å²) in [5, 5.41) is 12.5. The van der Waals surface area contributed by atoms with Gasteiger partial charge in [-0.2, -0.15) is 27.8 Å². The molecule has 2 atom stereocenters. The predicted molar refractivity (Wildman–Crippen MR) is 191 cm³/mol. The minimum atomic E-state index is -3.54. The predicted octanol–water partition coefficient (Wildman–Crippen LogP) is 7.62. The molecule has 0 saturated heterocycles. The molecule has 10 heteroatoms. The van der Waals surface area contributed by atoms with E-state index in [1.54, 1.807) is 22.1 Å². The Kier molecular flexibility index (Phi) is 15.8. The molecule has 1 aliphatic carbocycles. The molecule has 0 spiro atoms.